The van der Waals surface area contributed by atoms with Crippen LogP contribution in [-0.2, 0) is 4.79 Å². The van der Waals surface area contributed by atoms with E-state index < -0.39 is 0 Å². The third-order valence-corrected chi connectivity index (χ3v) is 6.07. The Balaban J connectivity index is 2.00. The lowest BCUT2D eigenvalue weighted by Gasteiger charge is -2.19. The largest absolute Gasteiger partial charge is 0.273 e. The summed E-state index contributed by atoms with van der Waals surface area (Å²) in [5, 5.41) is 2.95. The van der Waals surface area contributed by atoms with Crippen molar-refractivity contribution in [2.75, 3.05) is 4.90 Å². The van der Waals surface area contributed by atoms with Gasteiger partial charge in [-0.1, -0.05) is 6.07 Å². The van der Waals surface area contributed by atoms with Crippen LogP contribution in [0, 0.1) is 6.92 Å². The zero-order valence-electron chi connectivity index (χ0n) is 9.99. The molecule has 0 aliphatic carbocycles. The molecule has 0 radical (unpaired) electrons. The second-order valence-corrected chi connectivity index (χ2v) is 7.73. The summed E-state index contributed by atoms with van der Waals surface area (Å²) in [6.07, 6.45) is 1.83. The van der Waals surface area contributed by atoms with Crippen molar-refractivity contribution >= 4 is 45.5 Å². The Labute approximate surface area is 118 Å². The third-order valence-electron chi connectivity index (χ3n) is 2.75. The van der Waals surface area contributed by atoms with Gasteiger partial charge in [0.15, 0.2) is 5.13 Å². The zero-order chi connectivity index (χ0) is 12.7. The highest BCUT2D eigenvalue weighted by Gasteiger charge is 2.41. The monoisotopic (exact) mass is 296 g/mol. The van der Waals surface area contributed by atoms with Crippen LogP contribution in [0.4, 0.5) is 5.13 Å². The summed E-state index contributed by atoms with van der Waals surface area (Å²) >= 11 is 4.97. The summed E-state index contributed by atoms with van der Waals surface area (Å²) < 4.78 is 0. The van der Waals surface area contributed by atoms with Gasteiger partial charge in [0.2, 0.25) is 5.91 Å². The van der Waals surface area contributed by atoms with Gasteiger partial charge in [-0.15, -0.1) is 34.4 Å². The maximum Gasteiger partial charge on any atom is 0.242 e. The van der Waals surface area contributed by atoms with Crippen molar-refractivity contribution in [3.63, 3.8) is 0 Å². The van der Waals surface area contributed by atoms with Gasteiger partial charge in [-0.2, -0.15) is 0 Å². The number of aryl methyl sites for hydroxylation is 1. The lowest BCUT2D eigenvalue weighted by molar-refractivity contribution is -0.117. The number of thioether (sulfide) groups is 1. The SMILES string of the molecule is Cc1cnc(N2C(=O)[C@H](C)S[C@H]2c2cccs2)s1. The van der Waals surface area contributed by atoms with E-state index in [0.717, 1.165) is 10.0 Å². The number of hydrogen-bond acceptors (Lipinski definition) is 5. The fraction of sp³-hybridized carbons (Fsp3) is 0.333. The van der Waals surface area contributed by atoms with Gasteiger partial charge in [0.1, 0.15) is 5.37 Å². The van der Waals surface area contributed by atoms with E-state index in [1.54, 1.807) is 34.4 Å². The molecule has 0 N–H and O–H groups in total. The maximum atomic E-state index is 12.3. The molecule has 1 saturated heterocycles. The Morgan fingerprint density at radius 2 is 2.28 bits per heavy atom. The van der Waals surface area contributed by atoms with E-state index in [9.17, 15) is 4.79 Å². The molecule has 2 aromatic rings. The molecule has 6 heteroatoms. The zero-order valence-corrected chi connectivity index (χ0v) is 12.4. The van der Waals surface area contributed by atoms with Gasteiger partial charge in [-0.3, -0.25) is 9.69 Å². The fourth-order valence-electron chi connectivity index (χ4n) is 1.90. The first kappa shape index (κ1) is 12.2. The molecule has 0 spiro atoms. The van der Waals surface area contributed by atoms with Crippen molar-refractivity contribution in [3.8, 4) is 0 Å². The minimum Gasteiger partial charge on any atom is -0.273 e. The first-order chi connectivity index (χ1) is 8.66. The van der Waals surface area contributed by atoms with Gasteiger partial charge in [-0.05, 0) is 25.3 Å². The highest BCUT2D eigenvalue weighted by atomic mass is 32.2. The van der Waals surface area contributed by atoms with Crippen molar-refractivity contribution in [2.24, 2.45) is 0 Å². The van der Waals surface area contributed by atoms with E-state index in [4.69, 9.17) is 0 Å². The molecular formula is C12H12N2OS3. The molecule has 2 aromatic heterocycles. The number of amides is 1. The molecule has 0 bridgehead atoms. The first-order valence-electron chi connectivity index (χ1n) is 5.61. The van der Waals surface area contributed by atoms with Gasteiger partial charge in [0, 0.05) is 16.0 Å². The lowest BCUT2D eigenvalue weighted by atomic mass is 10.3. The second-order valence-electron chi connectivity index (χ2n) is 4.11. The van der Waals surface area contributed by atoms with Crippen LogP contribution in [0.5, 0.6) is 0 Å². The number of thiazole rings is 1. The minimum absolute atomic E-state index is 0.00121. The second kappa shape index (κ2) is 4.68. The van der Waals surface area contributed by atoms with Gasteiger partial charge in [0.25, 0.3) is 0 Å². The van der Waals surface area contributed by atoms with Crippen molar-refractivity contribution in [3.05, 3.63) is 33.5 Å². The fourth-order valence-corrected chi connectivity index (χ4v) is 4.94. The van der Waals surface area contributed by atoms with E-state index in [0.29, 0.717) is 0 Å². The van der Waals surface area contributed by atoms with E-state index in [1.807, 2.05) is 31.0 Å². The number of carbonyl (C=O) groups is 1. The number of rotatable bonds is 2. The molecule has 0 aromatic carbocycles. The maximum absolute atomic E-state index is 12.3. The van der Waals surface area contributed by atoms with Crippen LogP contribution in [0.1, 0.15) is 22.1 Å². The molecule has 3 heterocycles. The van der Waals surface area contributed by atoms with Crippen LogP contribution in [0.25, 0.3) is 0 Å². The molecule has 1 fully saturated rings. The van der Waals surface area contributed by atoms with Crippen molar-refractivity contribution in [2.45, 2.75) is 24.5 Å². The molecule has 1 aliphatic heterocycles. The molecule has 18 heavy (non-hydrogen) atoms. The summed E-state index contributed by atoms with van der Waals surface area (Å²) in [7, 11) is 0. The molecule has 3 nitrogen and oxygen atoms in total. The van der Waals surface area contributed by atoms with Crippen molar-refractivity contribution in [1.29, 1.82) is 0 Å². The van der Waals surface area contributed by atoms with Crippen LogP contribution in [0.2, 0.25) is 0 Å². The molecule has 2 atom stereocenters. The van der Waals surface area contributed by atoms with Crippen molar-refractivity contribution < 1.29 is 4.79 Å². The molecular weight excluding hydrogens is 284 g/mol. The van der Waals surface area contributed by atoms with E-state index in [1.165, 1.54) is 4.88 Å². The summed E-state index contributed by atoms with van der Waals surface area (Å²) in [6.45, 7) is 3.98. The van der Waals surface area contributed by atoms with Crippen LogP contribution in [0.15, 0.2) is 23.7 Å². The first-order valence-corrected chi connectivity index (χ1v) is 8.25. The predicted molar refractivity (Wildman–Crippen MR) is 78.5 cm³/mol. The molecule has 1 aliphatic rings. The Kier molecular flexibility index (Phi) is 3.17. The molecule has 0 saturated carbocycles. The number of anilines is 1. The average molecular weight is 296 g/mol. The Hall–Kier alpha value is -0.850. The van der Waals surface area contributed by atoms with E-state index >= 15 is 0 Å². The van der Waals surface area contributed by atoms with Crippen LogP contribution >= 0.6 is 34.4 Å². The normalized spacial score (nSPS) is 23.9. The summed E-state index contributed by atoms with van der Waals surface area (Å²) in [5.74, 6) is 0.160. The number of thiophene rings is 1. The Bertz CT molecular complexity index is 564. The topological polar surface area (TPSA) is 33.2 Å². The molecule has 3 rings (SSSR count). The quantitative estimate of drug-likeness (QED) is 0.847. The summed E-state index contributed by atoms with van der Waals surface area (Å²) in [5.41, 5.74) is 0. The summed E-state index contributed by atoms with van der Waals surface area (Å²) in [6, 6.07) is 4.11. The van der Waals surface area contributed by atoms with Crippen LogP contribution in [0.3, 0.4) is 0 Å². The van der Waals surface area contributed by atoms with Gasteiger partial charge in [-0.25, -0.2) is 4.98 Å². The number of nitrogens with zero attached hydrogens (tertiary/aromatic N) is 2. The molecule has 0 unspecified atom stereocenters. The standard InChI is InChI=1S/C12H12N2OS3/c1-7-6-13-12(17-7)14-10(15)8(2)18-11(14)9-4-3-5-16-9/h3-6,8,11H,1-2H3/t8-,11-/m0/s1. The third kappa shape index (κ3) is 1.98. The minimum atomic E-state index is 0.00121. The van der Waals surface area contributed by atoms with Crippen LogP contribution in [-0.4, -0.2) is 16.1 Å². The van der Waals surface area contributed by atoms with Gasteiger partial charge in [0.05, 0.1) is 5.25 Å². The van der Waals surface area contributed by atoms with E-state index in [-0.39, 0.29) is 16.5 Å². The number of carbonyl (C=O) groups excluding carboxylic acids is 1. The highest BCUT2D eigenvalue weighted by molar-refractivity contribution is 8.01. The molecule has 1 amide bonds. The Morgan fingerprint density at radius 3 is 2.89 bits per heavy atom. The number of aromatic nitrogens is 1. The van der Waals surface area contributed by atoms with E-state index in [2.05, 4.69) is 16.4 Å². The molecule has 94 valence electrons. The van der Waals surface area contributed by atoms with Crippen molar-refractivity contribution in [1.82, 2.24) is 4.98 Å². The Morgan fingerprint density at radius 1 is 1.44 bits per heavy atom. The number of hydrogen-bond donors (Lipinski definition) is 0. The highest BCUT2D eigenvalue weighted by Crippen LogP contribution is 2.47. The average Bonchev–Trinajstić information content (AvgIpc) is 3.02. The smallest absolute Gasteiger partial charge is 0.242 e. The predicted octanol–water partition coefficient (Wildman–Crippen LogP) is 3.68. The lowest BCUT2D eigenvalue weighted by Crippen LogP contribution is -2.29. The summed E-state index contributed by atoms with van der Waals surface area (Å²) in [4.78, 5) is 20.8. The van der Waals surface area contributed by atoms with Gasteiger partial charge < -0.3 is 0 Å². The van der Waals surface area contributed by atoms with Crippen LogP contribution < -0.4 is 4.90 Å². The van der Waals surface area contributed by atoms with Gasteiger partial charge >= 0.3 is 0 Å².